The highest BCUT2D eigenvalue weighted by Gasteiger charge is 1.92. The number of nitrogens with zero attached hydrogens (tertiary/aromatic N) is 3. The van der Waals surface area contributed by atoms with Crippen LogP contribution in [-0.4, -0.2) is 16.7 Å². The third kappa shape index (κ3) is 15800. The van der Waals surface area contributed by atoms with Gasteiger partial charge in [-0.1, -0.05) is 55.2 Å². The van der Waals surface area contributed by atoms with E-state index in [1.54, 1.807) is 0 Å². The van der Waals surface area contributed by atoms with Crippen molar-refractivity contribution in [2.45, 2.75) is 14.9 Å². The molecule has 0 bridgehead atoms. The first-order chi connectivity index (χ1) is 13.4. The Balaban J connectivity index is -0.00000000398. The van der Waals surface area contributed by atoms with Gasteiger partial charge in [0.2, 0.25) is 0 Å². The van der Waals surface area contributed by atoms with Crippen LogP contribution in [-0.2, 0) is 0 Å². The topological polar surface area (TPSA) is 316 Å². The molecule has 0 aromatic rings. The van der Waals surface area contributed by atoms with Gasteiger partial charge >= 0.3 is 26.6 Å². The van der Waals surface area contributed by atoms with E-state index in [0.717, 1.165) is 0 Å². The SMILES string of the molecule is C.C.FF.FF.FN(F)F.FN(F)F.FN(F)F.FP(F)F.FP(F)F.FP(F)F.N.N.N.N.N.N.N.N.NF.P.P.P.P.P.P.P.P. The normalized spacial score (nSPS) is 4.88. The molecule has 0 amide bonds. The van der Waals surface area contributed by atoms with Crippen molar-refractivity contribution in [1.29, 1.82) is 0 Å². The van der Waals surface area contributed by atoms with Gasteiger partial charge in [0.25, 0.3) is 0 Å². The van der Waals surface area contributed by atoms with E-state index >= 15 is 0 Å². The minimum atomic E-state index is -4.12. The summed E-state index contributed by atoms with van der Waals surface area (Å²) >= 11 is 0. The van der Waals surface area contributed by atoms with E-state index in [1.165, 1.54) is 0 Å². The van der Waals surface area contributed by atoms with Crippen molar-refractivity contribution >= 4 is 106 Å². The van der Waals surface area contributed by atoms with E-state index in [9.17, 15) is 78.1 Å². The fourth-order valence-electron chi connectivity index (χ4n) is 0. The largest absolute Gasteiger partial charge is 0.456 e. The van der Waals surface area contributed by atoms with E-state index in [4.69, 9.17) is 22.8 Å². The second-order valence-corrected chi connectivity index (χ2v) is 2.30. The van der Waals surface area contributed by atoms with Crippen molar-refractivity contribution in [1.82, 2.24) is 65.9 Å². The van der Waals surface area contributed by atoms with Crippen LogP contribution in [0.25, 0.3) is 0 Å². The van der Waals surface area contributed by atoms with Gasteiger partial charge in [-0.15, -0.1) is 4.48 Å². The van der Waals surface area contributed by atoms with Crippen molar-refractivity contribution < 1.29 is 101 Å². The number of hydrogen-bond acceptors (Lipinski definition) is 12. The number of halogens is 23. The Morgan fingerprint density at radius 2 is 0.271 bits per heavy atom. The second kappa shape index (κ2) is 276. The van der Waals surface area contributed by atoms with Gasteiger partial charge in [-0.05, 0) is 0 Å². The van der Waals surface area contributed by atoms with Crippen molar-refractivity contribution in [3.8, 4) is 0 Å². The lowest BCUT2D eigenvalue weighted by Crippen LogP contribution is -1.72. The van der Waals surface area contributed by atoms with E-state index in [1.807, 2.05) is 0 Å². The molecular formula is C2H58F23N12P11. The van der Waals surface area contributed by atoms with Crippen molar-refractivity contribution in [2.24, 2.45) is 5.96 Å². The van der Waals surface area contributed by atoms with Crippen molar-refractivity contribution in [3.05, 3.63) is 0 Å². The number of rotatable bonds is 0. The first-order valence-electron chi connectivity index (χ1n) is 3.55. The molecule has 0 aromatic heterocycles. The van der Waals surface area contributed by atoms with Crippen LogP contribution in [0.15, 0.2) is 0 Å². The molecular weight excluding hydrogens is 970 g/mol. The number of hydrogen-bond donors (Lipinski definition) is 9. The van der Waals surface area contributed by atoms with Crippen LogP contribution in [0.4, 0.5) is 101 Å². The summed E-state index contributed by atoms with van der Waals surface area (Å²) in [7, 11) is -12.4. The highest BCUT2D eigenvalue weighted by molar-refractivity contribution is 7.40. The molecule has 26 N–H and O–H groups in total. The standard InChI is InChI=1S/2CH4.3F3N.3F3P.2F2.FH2N.8H3N.8H3P/c;;6*1-4(2)3;3*1-2;;;;;;;;;;;;;;;;/h2*1H4;;;;;;;;;2H2;16*1H3. The average Bonchev–Trinajstić information content (AvgIpc) is 2.49. The third-order valence-corrected chi connectivity index (χ3v) is 0. The molecule has 0 heterocycles. The Kier molecular flexibility index (Phi) is 1280. The van der Waals surface area contributed by atoms with Gasteiger partial charge < -0.3 is 49.2 Å². The molecule has 0 aromatic carbocycles. The highest BCUT2D eigenvalue weighted by atomic mass is 31.2. The van der Waals surface area contributed by atoms with Crippen LogP contribution >= 0.6 is 106 Å². The fraction of sp³-hybridized carbons (Fsp3) is 1.00. The summed E-state index contributed by atoms with van der Waals surface area (Å²) in [6.45, 7) is 0. The summed E-state index contributed by atoms with van der Waals surface area (Å²) in [5, 5.41) is 0. The lowest BCUT2D eigenvalue weighted by atomic mass is 12.0. The molecule has 0 saturated carbocycles. The molecule has 0 aliphatic carbocycles. The van der Waals surface area contributed by atoms with Gasteiger partial charge in [0.15, 0.2) is 16.7 Å². The van der Waals surface area contributed by atoms with Crippen LogP contribution in [0.5, 0.6) is 0 Å². The summed E-state index contributed by atoms with van der Waals surface area (Å²) in [5.74, 6) is 3.00. The lowest BCUT2D eigenvalue weighted by molar-refractivity contribution is -0.296. The molecule has 8 unspecified atom stereocenters. The molecule has 12 nitrogen and oxygen atoms in total. The van der Waals surface area contributed by atoms with Crippen molar-refractivity contribution in [2.75, 3.05) is 0 Å². The maximum Gasteiger partial charge on any atom is 0.456 e. The zero-order valence-electron chi connectivity index (χ0n) is 23.3. The Labute approximate surface area is 293 Å². The predicted molar refractivity (Wildman–Crippen MR) is 198 cm³/mol. The monoisotopic (exact) mass is 1030 g/mol. The maximum atomic E-state index is 9.73. The lowest BCUT2D eigenvalue weighted by Gasteiger charge is -1.67. The smallest absolute Gasteiger partial charge is 0.344 e. The minimum Gasteiger partial charge on any atom is -0.344 e. The van der Waals surface area contributed by atoms with E-state index in [0.29, 0.717) is 0 Å². The molecule has 0 saturated heterocycles. The summed E-state index contributed by atoms with van der Waals surface area (Å²) in [6.07, 6.45) is 0. The molecule has 8 atom stereocenters. The Hall–Kier alpha value is 2.64. The molecule has 48 heavy (non-hydrogen) atoms. The Bertz CT molecular complexity index is 156. The summed E-state index contributed by atoms with van der Waals surface area (Å²) in [4.78, 5) is 0. The molecule has 46 heteroatoms. The molecule has 0 fully saturated rings. The van der Waals surface area contributed by atoms with Crippen LogP contribution in [0.3, 0.4) is 0 Å². The van der Waals surface area contributed by atoms with Crippen LogP contribution < -0.4 is 55.2 Å². The first-order valence-corrected chi connectivity index (χ1v) is 6.59. The zero-order chi connectivity index (χ0) is 27.5. The number of nitrogens with two attached hydrogens (primary N) is 1. The highest BCUT2D eigenvalue weighted by Crippen LogP contribution is 2.40. The predicted octanol–water partition coefficient (Wildman–Crippen LogP) is 13.7. The van der Waals surface area contributed by atoms with E-state index < -0.39 is 43.3 Å². The minimum absolute atomic E-state index is 0. The van der Waals surface area contributed by atoms with Crippen LogP contribution in [0, 0.1) is 0 Å². The molecule has 0 spiro atoms. The Morgan fingerprint density at radius 1 is 0.271 bits per heavy atom. The molecule has 0 radical (unpaired) electrons. The van der Waals surface area contributed by atoms with Gasteiger partial charge in [-0.2, -0.15) is 123 Å². The van der Waals surface area contributed by atoms with Crippen LogP contribution in [0.2, 0.25) is 0 Å². The molecule has 0 aliphatic rings. The summed E-state index contributed by atoms with van der Waals surface area (Å²) < 4.78 is 214. The molecule has 0 rings (SSSR count). The van der Waals surface area contributed by atoms with E-state index in [2.05, 4.69) is 5.96 Å². The van der Waals surface area contributed by atoms with Crippen LogP contribution in [0.1, 0.15) is 14.9 Å². The quantitative estimate of drug-likeness (QED) is 0.0621. The maximum absolute atomic E-state index is 9.73. The second-order valence-electron chi connectivity index (χ2n) is 1.15. The first kappa shape index (κ1) is 223. The fourth-order valence-corrected chi connectivity index (χ4v) is 0. The van der Waals surface area contributed by atoms with Gasteiger partial charge in [0.05, 0.1) is 0 Å². The molecule has 0 aliphatic heterocycles. The van der Waals surface area contributed by atoms with Crippen molar-refractivity contribution in [3.63, 3.8) is 0 Å². The van der Waals surface area contributed by atoms with Gasteiger partial charge in [-0.3, -0.25) is 0 Å². The summed E-state index contributed by atoms with van der Waals surface area (Å²) in [5.41, 5.74) is -7.50. The third-order valence-electron chi connectivity index (χ3n) is 0. The van der Waals surface area contributed by atoms with Gasteiger partial charge in [0, 0.05) is 18.3 Å². The molecule has 342 valence electrons. The Morgan fingerprint density at radius 3 is 0.271 bits per heavy atom. The zero-order valence-corrected chi connectivity index (χ0v) is 37.3. The van der Waals surface area contributed by atoms with Gasteiger partial charge in [0.1, 0.15) is 0 Å². The average molecular weight is 1030 g/mol. The summed E-state index contributed by atoms with van der Waals surface area (Å²) in [6, 6.07) is 0. The van der Waals surface area contributed by atoms with Gasteiger partial charge in [-0.25, -0.2) is 0 Å². The van der Waals surface area contributed by atoms with E-state index in [-0.39, 0.29) is 143 Å².